The number of nitrogens with zero attached hydrogens (tertiary/aromatic N) is 1. The van der Waals surface area contributed by atoms with E-state index in [0.29, 0.717) is 19.4 Å². The van der Waals surface area contributed by atoms with Crippen LogP contribution in [0, 0.1) is 5.92 Å². The molecule has 2 aliphatic rings. The first-order valence-corrected chi connectivity index (χ1v) is 7.80. The lowest BCUT2D eigenvalue weighted by atomic mass is 9.83. The molecule has 0 radical (unpaired) electrons. The van der Waals surface area contributed by atoms with E-state index in [-0.39, 0.29) is 41.9 Å². The van der Waals surface area contributed by atoms with Gasteiger partial charge in [0.2, 0.25) is 5.91 Å². The largest absolute Gasteiger partial charge is 0.416 e. The van der Waals surface area contributed by atoms with E-state index in [0.717, 1.165) is 24.3 Å². The van der Waals surface area contributed by atoms with Crippen molar-refractivity contribution < 1.29 is 27.6 Å². The van der Waals surface area contributed by atoms with Crippen LogP contribution in [0.25, 0.3) is 0 Å². The fourth-order valence-corrected chi connectivity index (χ4v) is 3.51. The van der Waals surface area contributed by atoms with Crippen LogP contribution in [0.1, 0.15) is 41.6 Å². The Morgan fingerprint density at radius 3 is 2.42 bits per heavy atom. The molecule has 2 saturated heterocycles. The molecule has 0 aromatic heterocycles. The van der Waals surface area contributed by atoms with E-state index < -0.39 is 17.7 Å². The molecule has 1 aromatic carbocycles. The van der Waals surface area contributed by atoms with Gasteiger partial charge in [0.05, 0.1) is 5.56 Å². The van der Waals surface area contributed by atoms with Gasteiger partial charge in [0.1, 0.15) is 5.78 Å². The highest BCUT2D eigenvalue weighted by Crippen LogP contribution is 2.34. The number of halogens is 3. The second-order valence-electron chi connectivity index (χ2n) is 6.22. The first-order chi connectivity index (χ1) is 11.3. The zero-order valence-corrected chi connectivity index (χ0v) is 12.8. The van der Waals surface area contributed by atoms with Crippen molar-refractivity contribution in [3.05, 3.63) is 35.4 Å². The van der Waals surface area contributed by atoms with Gasteiger partial charge < -0.3 is 4.90 Å². The van der Waals surface area contributed by atoms with Crippen LogP contribution in [-0.2, 0) is 15.8 Å². The molecular formula is C17H16F3NO3. The van der Waals surface area contributed by atoms with Crippen LogP contribution in [0.5, 0.6) is 0 Å². The maximum absolute atomic E-state index is 12.6. The van der Waals surface area contributed by atoms with E-state index in [4.69, 9.17) is 0 Å². The average molecular weight is 339 g/mol. The van der Waals surface area contributed by atoms with Crippen molar-refractivity contribution in [1.82, 2.24) is 4.90 Å². The molecule has 3 rings (SSSR count). The minimum Gasteiger partial charge on any atom is -0.339 e. The Kier molecular flexibility index (Phi) is 4.19. The van der Waals surface area contributed by atoms with Crippen LogP contribution in [0.15, 0.2) is 24.3 Å². The number of carbonyl (C=O) groups is 3. The molecule has 2 heterocycles. The number of alkyl halides is 3. The SMILES string of the molecule is O=C(CC1C(=O)CCN2C(=O)CC[C@H]12)c1ccc(C(F)(F)F)cc1. The maximum atomic E-state index is 12.6. The van der Waals surface area contributed by atoms with E-state index in [1.807, 2.05) is 0 Å². The second kappa shape index (κ2) is 6.03. The van der Waals surface area contributed by atoms with Gasteiger partial charge in [-0.3, -0.25) is 14.4 Å². The Hall–Kier alpha value is -2.18. The summed E-state index contributed by atoms with van der Waals surface area (Å²) in [6.45, 7) is 0.396. The molecule has 0 bridgehead atoms. The number of carbonyl (C=O) groups excluding carboxylic acids is 3. The fraction of sp³-hybridized carbons (Fsp3) is 0.471. The van der Waals surface area contributed by atoms with Gasteiger partial charge in [-0.2, -0.15) is 13.2 Å². The number of rotatable bonds is 3. The molecule has 2 atom stereocenters. The Morgan fingerprint density at radius 2 is 1.79 bits per heavy atom. The van der Waals surface area contributed by atoms with Gasteiger partial charge in [-0.25, -0.2) is 0 Å². The highest BCUT2D eigenvalue weighted by molar-refractivity contribution is 5.99. The summed E-state index contributed by atoms with van der Waals surface area (Å²) in [5.74, 6) is -0.978. The van der Waals surface area contributed by atoms with Crippen LogP contribution in [0.2, 0.25) is 0 Å². The number of benzene rings is 1. The van der Waals surface area contributed by atoms with Crippen LogP contribution < -0.4 is 0 Å². The van der Waals surface area contributed by atoms with Crippen molar-refractivity contribution >= 4 is 17.5 Å². The van der Waals surface area contributed by atoms with Gasteiger partial charge in [0.25, 0.3) is 0 Å². The molecule has 0 spiro atoms. The van der Waals surface area contributed by atoms with Gasteiger partial charge >= 0.3 is 6.18 Å². The highest BCUT2D eigenvalue weighted by Gasteiger charge is 2.43. The van der Waals surface area contributed by atoms with Crippen LogP contribution in [-0.4, -0.2) is 35.0 Å². The molecule has 7 heteroatoms. The van der Waals surface area contributed by atoms with E-state index in [1.54, 1.807) is 4.90 Å². The molecule has 1 amide bonds. The van der Waals surface area contributed by atoms with Crippen molar-refractivity contribution in [1.29, 1.82) is 0 Å². The molecular weight excluding hydrogens is 323 g/mol. The summed E-state index contributed by atoms with van der Waals surface area (Å²) < 4.78 is 37.7. The minimum atomic E-state index is -4.45. The summed E-state index contributed by atoms with van der Waals surface area (Å²) in [4.78, 5) is 37.9. The maximum Gasteiger partial charge on any atom is 0.416 e. The molecule has 2 fully saturated rings. The Morgan fingerprint density at radius 1 is 1.12 bits per heavy atom. The molecule has 1 aromatic rings. The Balaban J connectivity index is 1.74. The summed E-state index contributed by atoms with van der Waals surface area (Å²) in [6.07, 6.45) is -3.37. The van der Waals surface area contributed by atoms with Crippen LogP contribution in [0.4, 0.5) is 13.2 Å². The van der Waals surface area contributed by atoms with Gasteiger partial charge in [-0.1, -0.05) is 12.1 Å². The van der Waals surface area contributed by atoms with Crippen LogP contribution in [0.3, 0.4) is 0 Å². The lowest BCUT2D eigenvalue weighted by molar-refractivity contribution is -0.138. The third kappa shape index (κ3) is 3.07. The fourth-order valence-electron chi connectivity index (χ4n) is 3.51. The number of hydrogen-bond donors (Lipinski definition) is 0. The zero-order valence-electron chi connectivity index (χ0n) is 12.8. The number of piperidine rings is 1. The number of hydrogen-bond acceptors (Lipinski definition) is 3. The molecule has 2 aliphatic heterocycles. The van der Waals surface area contributed by atoms with Crippen molar-refractivity contribution in [3.63, 3.8) is 0 Å². The lowest BCUT2D eigenvalue weighted by Gasteiger charge is -2.35. The standard InChI is InChI=1S/C17H16F3NO3/c18-17(19,20)11-3-1-10(2-4-11)15(23)9-12-13-5-6-16(24)21(13)8-7-14(12)22/h1-4,12-13H,5-9H2/t12?,13-/m1/s1. The summed E-state index contributed by atoms with van der Waals surface area (Å²) >= 11 is 0. The highest BCUT2D eigenvalue weighted by atomic mass is 19.4. The monoisotopic (exact) mass is 339 g/mol. The molecule has 0 saturated carbocycles. The van der Waals surface area contributed by atoms with Gasteiger partial charge in [-0.05, 0) is 18.6 Å². The first kappa shape index (κ1) is 16.7. The first-order valence-electron chi connectivity index (χ1n) is 7.80. The van der Waals surface area contributed by atoms with Crippen molar-refractivity contribution in [3.8, 4) is 0 Å². The quantitative estimate of drug-likeness (QED) is 0.796. The summed E-state index contributed by atoms with van der Waals surface area (Å²) in [6, 6.07) is 3.74. The predicted octanol–water partition coefficient (Wildman–Crippen LogP) is 2.86. The number of amides is 1. The van der Waals surface area contributed by atoms with Crippen molar-refractivity contribution in [2.45, 2.75) is 37.9 Å². The molecule has 0 aliphatic carbocycles. The second-order valence-corrected chi connectivity index (χ2v) is 6.22. The molecule has 128 valence electrons. The van der Waals surface area contributed by atoms with Crippen molar-refractivity contribution in [2.24, 2.45) is 5.92 Å². The van der Waals surface area contributed by atoms with Gasteiger partial charge in [0.15, 0.2) is 5.78 Å². The van der Waals surface area contributed by atoms with Crippen molar-refractivity contribution in [2.75, 3.05) is 6.54 Å². The van der Waals surface area contributed by atoms with E-state index in [9.17, 15) is 27.6 Å². The predicted molar refractivity (Wildman–Crippen MR) is 78.2 cm³/mol. The average Bonchev–Trinajstić information content (AvgIpc) is 2.91. The van der Waals surface area contributed by atoms with E-state index in [2.05, 4.69) is 0 Å². The summed E-state index contributed by atoms with van der Waals surface area (Å²) in [5, 5.41) is 0. The molecule has 4 nitrogen and oxygen atoms in total. The van der Waals surface area contributed by atoms with Gasteiger partial charge in [-0.15, -0.1) is 0 Å². The number of ketones is 2. The summed E-state index contributed by atoms with van der Waals surface area (Å²) in [5.41, 5.74) is -0.669. The summed E-state index contributed by atoms with van der Waals surface area (Å²) in [7, 11) is 0. The smallest absolute Gasteiger partial charge is 0.339 e. The van der Waals surface area contributed by atoms with E-state index in [1.165, 1.54) is 0 Å². The third-order valence-electron chi connectivity index (χ3n) is 4.79. The lowest BCUT2D eigenvalue weighted by Crippen LogP contribution is -2.48. The molecule has 1 unspecified atom stereocenters. The topological polar surface area (TPSA) is 54.5 Å². The van der Waals surface area contributed by atoms with Crippen LogP contribution >= 0.6 is 0 Å². The Labute approximate surface area is 136 Å². The molecule has 24 heavy (non-hydrogen) atoms. The van der Waals surface area contributed by atoms with E-state index >= 15 is 0 Å². The minimum absolute atomic E-state index is 0.000482. The number of Topliss-reactive ketones (excluding diaryl/α,β-unsaturated/α-hetero) is 2. The van der Waals surface area contributed by atoms with Gasteiger partial charge in [0, 0.05) is 43.3 Å². The number of fused-ring (bicyclic) bond motifs is 1. The Bertz CT molecular complexity index is 681. The normalized spacial score (nSPS) is 24.2. The third-order valence-corrected chi connectivity index (χ3v) is 4.79. The molecule has 0 N–H and O–H groups in total. The zero-order chi connectivity index (χ0) is 17.5.